The number of halogens is 2. The fourth-order valence-corrected chi connectivity index (χ4v) is 2.23. The highest BCUT2D eigenvalue weighted by Crippen LogP contribution is 2.35. The lowest BCUT2D eigenvalue weighted by atomic mass is 10.2. The Morgan fingerprint density at radius 1 is 1.38 bits per heavy atom. The number of para-hydroxylation sites is 1. The molecule has 0 saturated carbocycles. The standard InChI is InChI=1S/C13H12ClFN4O2/c1-3-18(10-7-5-4-6-9(10)15)12-11(19(20)21)8(2)16-13(14)17-12/h4-7H,3H2,1-2H3. The van der Waals surface area contributed by atoms with Crippen LogP contribution in [0.1, 0.15) is 12.6 Å². The van der Waals surface area contributed by atoms with Crippen LogP contribution in [0.25, 0.3) is 0 Å². The average Bonchev–Trinajstić information content (AvgIpc) is 2.40. The molecule has 1 heterocycles. The zero-order valence-electron chi connectivity index (χ0n) is 11.4. The van der Waals surface area contributed by atoms with Crippen molar-refractivity contribution >= 4 is 28.8 Å². The van der Waals surface area contributed by atoms with Gasteiger partial charge in [0.2, 0.25) is 11.1 Å². The Hall–Kier alpha value is -2.28. The van der Waals surface area contributed by atoms with Crippen LogP contribution < -0.4 is 4.90 Å². The number of nitro groups is 1. The second-order valence-corrected chi connectivity index (χ2v) is 4.54. The van der Waals surface area contributed by atoms with Crippen molar-refractivity contribution in [1.82, 2.24) is 9.97 Å². The zero-order valence-corrected chi connectivity index (χ0v) is 12.1. The van der Waals surface area contributed by atoms with Gasteiger partial charge in [0.1, 0.15) is 11.5 Å². The molecule has 0 aliphatic heterocycles. The number of aromatic nitrogens is 2. The minimum Gasteiger partial charge on any atom is -0.318 e. The maximum atomic E-state index is 14.0. The van der Waals surface area contributed by atoms with Crippen molar-refractivity contribution in [3.63, 3.8) is 0 Å². The molecule has 0 bridgehead atoms. The highest BCUT2D eigenvalue weighted by molar-refractivity contribution is 6.28. The van der Waals surface area contributed by atoms with Crippen LogP contribution in [0.2, 0.25) is 5.28 Å². The molecule has 1 aromatic carbocycles. The van der Waals surface area contributed by atoms with E-state index >= 15 is 0 Å². The second kappa shape index (κ2) is 6.01. The molecule has 2 rings (SSSR count). The van der Waals surface area contributed by atoms with Crippen LogP contribution >= 0.6 is 11.6 Å². The molecule has 8 heteroatoms. The fourth-order valence-electron chi connectivity index (χ4n) is 2.03. The minimum atomic E-state index is -0.593. The SMILES string of the molecule is CCN(c1ccccc1F)c1nc(Cl)nc(C)c1[N+](=O)[O-]. The predicted molar refractivity (Wildman–Crippen MR) is 77.5 cm³/mol. The molecule has 21 heavy (non-hydrogen) atoms. The number of hydrogen-bond acceptors (Lipinski definition) is 5. The Morgan fingerprint density at radius 3 is 2.62 bits per heavy atom. The minimum absolute atomic E-state index is 0.0231. The Morgan fingerprint density at radius 2 is 2.05 bits per heavy atom. The van der Waals surface area contributed by atoms with E-state index in [1.54, 1.807) is 19.1 Å². The van der Waals surface area contributed by atoms with Gasteiger partial charge in [0.05, 0.1) is 10.6 Å². The Kier molecular flexibility index (Phi) is 4.32. The van der Waals surface area contributed by atoms with Crippen LogP contribution in [0, 0.1) is 22.9 Å². The Bertz CT molecular complexity index is 696. The van der Waals surface area contributed by atoms with Gasteiger partial charge >= 0.3 is 5.69 Å². The number of rotatable bonds is 4. The Labute approximate surface area is 125 Å². The molecule has 6 nitrogen and oxygen atoms in total. The van der Waals surface area contributed by atoms with Gasteiger partial charge in [0.25, 0.3) is 0 Å². The topological polar surface area (TPSA) is 72.2 Å². The van der Waals surface area contributed by atoms with Gasteiger partial charge in [-0.05, 0) is 37.6 Å². The number of benzene rings is 1. The Balaban J connectivity index is 2.68. The summed E-state index contributed by atoms with van der Waals surface area (Å²) in [5.74, 6) is -0.522. The quantitative estimate of drug-likeness (QED) is 0.489. The smallest absolute Gasteiger partial charge is 0.318 e. The van der Waals surface area contributed by atoms with E-state index in [1.165, 1.54) is 24.0 Å². The summed E-state index contributed by atoms with van der Waals surface area (Å²) in [4.78, 5) is 19.8. The molecule has 0 N–H and O–H groups in total. The number of nitrogens with zero attached hydrogens (tertiary/aromatic N) is 4. The molecule has 0 aliphatic rings. The molecule has 110 valence electrons. The fraction of sp³-hybridized carbons (Fsp3) is 0.231. The molecule has 0 amide bonds. The third-order valence-electron chi connectivity index (χ3n) is 2.91. The van der Waals surface area contributed by atoms with Crippen molar-refractivity contribution in [2.75, 3.05) is 11.4 Å². The van der Waals surface area contributed by atoms with Crippen LogP contribution in [-0.4, -0.2) is 21.4 Å². The molecule has 2 aromatic rings. The van der Waals surface area contributed by atoms with Gasteiger partial charge in [-0.25, -0.2) is 9.37 Å². The van der Waals surface area contributed by atoms with Crippen molar-refractivity contribution in [3.8, 4) is 0 Å². The first-order chi connectivity index (χ1) is 9.95. The van der Waals surface area contributed by atoms with Crippen LogP contribution in [0.5, 0.6) is 0 Å². The van der Waals surface area contributed by atoms with Crippen LogP contribution in [0.4, 0.5) is 21.6 Å². The van der Waals surface area contributed by atoms with Crippen LogP contribution in [-0.2, 0) is 0 Å². The lowest BCUT2D eigenvalue weighted by Crippen LogP contribution is -2.21. The largest absolute Gasteiger partial charge is 0.333 e. The van der Waals surface area contributed by atoms with Crippen LogP contribution in [0.15, 0.2) is 24.3 Å². The maximum Gasteiger partial charge on any atom is 0.333 e. The number of anilines is 2. The summed E-state index contributed by atoms with van der Waals surface area (Å²) >= 11 is 5.79. The van der Waals surface area contributed by atoms with E-state index in [-0.39, 0.29) is 34.7 Å². The van der Waals surface area contributed by atoms with E-state index in [1.807, 2.05) is 0 Å². The summed E-state index contributed by atoms with van der Waals surface area (Å²) in [6.45, 7) is 3.49. The second-order valence-electron chi connectivity index (χ2n) is 4.20. The number of aryl methyl sites for hydroxylation is 1. The first-order valence-corrected chi connectivity index (χ1v) is 6.54. The molecule has 0 atom stereocenters. The molecule has 0 spiro atoms. The molecule has 1 aromatic heterocycles. The molecule has 0 aliphatic carbocycles. The molecule has 0 saturated heterocycles. The summed E-state index contributed by atoms with van der Waals surface area (Å²) < 4.78 is 14.0. The van der Waals surface area contributed by atoms with E-state index in [0.29, 0.717) is 0 Å². The third-order valence-corrected chi connectivity index (χ3v) is 3.08. The molecule has 0 unspecified atom stereocenters. The van der Waals surface area contributed by atoms with Crippen molar-refractivity contribution in [1.29, 1.82) is 0 Å². The lowest BCUT2D eigenvalue weighted by Gasteiger charge is -2.22. The van der Waals surface area contributed by atoms with Gasteiger partial charge in [0, 0.05) is 6.54 Å². The van der Waals surface area contributed by atoms with Gasteiger partial charge < -0.3 is 4.90 Å². The van der Waals surface area contributed by atoms with E-state index in [4.69, 9.17) is 11.6 Å². The van der Waals surface area contributed by atoms with Gasteiger partial charge in [-0.2, -0.15) is 4.98 Å². The van der Waals surface area contributed by atoms with Gasteiger partial charge in [0.15, 0.2) is 0 Å². The van der Waals surface area contributed by atoms with Gasteiger partial charge in [-0.1, -0.05) is 12.1 Å². The highest BCUT2D eigenvalue weighted by Gasteiger charge is 2.27. The normalized spacial score (nSPS) is 10.5. The zero-order chi connectivity index (χ0) is 15.6. The molecular formula is C13H12ClFN4O2. The summed E-state index contributed by atoms with van der Waals surface area (Å²) in [5.41, 5.74) is 0.0339. The summed E-state index contributed by atoms with van der Waals surface area (Å²) in [5, 5.41) is 11.1. The van der Waals surface area contributed by atoms with Gasteiger partial charge in [-0.3, -0.25) is 10.1 Å². The lowest BCUT2D eigenvalue weighted by molar-refractivity contribution is -0.385. The van der Waals surface area contributed by atoms with E-state index < -0.39 is 10.7 Å². The average molecular weight is 311 g/mol. The molecule has 0 fully saturated rings. The predicted octanol–water partition coefficient (Wildman–Crippen LogP) is 3.64. The third kappa shape index (κ3) is 2.92. The van der Waals surface area contributed by atoms with Crippen molar-refractivity contribution < 1.29 is 9.31 Å². The summed E-state index contributed by atoms with van der Waals surface area (Å²) in [7, 11) is 0. The van der Waals surface area contributed by atoms with E-state index in [2.05, 4.69) is 9.97 Å². The molecular weight excluding hydrogens is 299 g/mol. The first-order valence-electron chi connectivity index (χ1n) is 6.16. The van der Waals surface area contributed by atoms with Crippen molar-refractivity contribution in [2.24, 2.45) is 0 Å². The van der Waals surface area contributed by atoms with Crippen molar-refractivity contribution in [2.45, 2.75) is 13.8 Å². The van der Waals surface area contributed by atoms with Crippen LogP contribution in [0.3, 0.4) is 0 Å². The maximum absolute atomic E-state index is 14.0. The summed E-state index contributed by atoms with van der Waals surface area (Å²) in [6, 6.07) is 5.98. The molecule has 0 radical (unpaired) electrons. The number of hydrogen-bond donors (Lipinski definition) is 0. The highest BCUT2D eigenvalue weighted by atomic mass is 35.5. The van der Waals surface area contributed by atoms with E-state index in [0.717, 1.165) is 0 Å². The summed E-state index contributed by atoms with van der Waals surface area (Å²) in [6.07, 6.45) is 0. The van der Waals surface area contributed by atoms with Crippen molar-refractivity contribution in [3.05, 3.63) is 51.2 Å². The monoisotopic (exact) mass is 310 g/mol. The van der Waals surface area contributed by atoms with E-state index in [9.17, 15) is 14.5 Å². The van der Waals surface area contributed by atoms with Gasteiger partial charge in [-0.15, -0.1) is 0 Å². The first kappa shape index (κ1) is 15.1.